The molecule has 0 radical (unpaired) electrons. The summed E-state index contributed by atoms with van der Waals surface area (Å²) in [5.74, 6) is -0.300. The van der Waals surface area contributed by atoms with Crippen molar-refractivity contribution in [1.29, 1.82) is 0 Å². The summed E-state index contributed by atoms with van der Waals surface area (Å²) in [5.41, 5.74) is 0. The van der Waals surface area contributed by atoms with E-state index >= 15 is 0 Å². The zero-order chi connectivity index (χ0) is 11.4. The molecule has 0 spiro atoms. The largest absolute Gasteiger partial charge is 0.481 e. The van der Waals surface area contributed by atoms with Crippen LogP contribution >= 0.6 is 11.3 Å². The van der Waals surface area contributed by atoms with E-state index in [1.807, 2.05) is 0 Å². The van der Waals surface area contributed by atoms with Crippen molar-refractivity contribution < 1.29 is 9.90 Å². The summed E-state index contributed by atoms with van der Waals surface area (Å²) in [6.45, 7) is 3.08. The van der Waals surface area contributed by atoms with Crippen LogP contribution in [0, 0.1) is 5.92 Å². The lowest BCUT2D eigenvalue weighted by molar-refractivity contribution is -0.138. The molecule has 1 aromatic heterocycles. The highest BCUT2D eigenvalue weighted by Crippen LogP contribution is 2.20. The third-order valence-electron chi connectivity index (χ3n) is 3.09. The fourth-order valence-electron chi connectivity index (χ4n) is 2.25. The molecular weight excluding hydrogens is 222 g/mol. The number of hydrogen-bond acceptors (Lipinski definition) is 3. The highest BCUT2D eigenvalue weighted by molar-refractivity contribution is 7.09. The molecule has 2 rings (SSSR count). The predicted molar refractivity (Wildman–Crippen MR) is 64.8 cm³/mol. The van der Waals surface area contributed by atoms with Gasteiger partial charge in [0.15, 0.2) is 0 Å². The average Bonchev–Trinajstić information content (AvgIpc) is 2.84. The van der Waals surface area contributed by atoms with E-state index in [0.717, 1.165) is 32.5 Å². The van der Waals surface area contributed by atoms with Crippen molar-refractivity contribution >= 4 is 17.3 Å². The Bertz CT molecular complexity index is 337. The van der Waals surface area contributed by atoms with Crippen molar-refractivity contribution in [2.45, 2.75) is 19.3 Å². The first-order valence-electron chi connectivity index (χ1n) is 5.70. The number of rotatable bonds is 5. The molecule has 0 saturated carbocycles. The molecule has 0 aliphatic carbocycles. The highest BCUT2D eigenvalue weighted by atomic mass is 32.1. The lowest BCUT2D eigenvalue weighted by Gasteiger charge is -2.14. The predicted octanol–water partition coefficient (Wildman–Crippen LogP) is 2.09. The summed E-state index contributed by atoms with van der Waals surface area (Å²) in [6, 6.07) is 4.24. The summed E-state index contributed by atoms with van der Waals surface area (Å²) in [4.78, 5) is 14.4. The SMILES string of the molecule is O=C(O)CC1CCN(CCc2cccs2)C1. The van der Waals surface area contributed by atoms with Crippen LogP contribution in [0.25, 0.3) is 0 Å². The van der Waals surface area contributed by atoms with Gasteiger partial charge in [-0.05, 0) is 36.8 Å². The number of carboxylic acids is 1. The van der Waals surface area contributed by atoms with E-state index in [9.17, 15) is 4.79 Å². The zero-order valence-corrected chi connectivity index (χ0v) is 10.1. The second-order valence-electron chi connectivity index (χ2n) is 4.38. The van der Waals surface area contributed by atoms with Gasteiger partial charge in [-0.1, -0.05) is 6.07 Å². The molecule has 88 valence electrons. The van der Waals surface area contributed by atoms with Crippen LogP contribution in [0.4, 0.5) is 0 Å². The monoisotopic (exact) mass is 239 g/mol. The van der Waals surface area contributed by atoms with Crippen molar-refractivity contribution in [2.24, 2.45) is 5.92 Å². The molecule has 1 atom stereocenters. The topological polar surface area (TPSA) is 40.5 Å². The summed E-state index contributed by atoms with van der Waals surface area (Å²) in [6.07, 6.45) is 2.46. The van der Waals surface area contributed by atoms with E-state index in [0.29, 0.717) is 12.3 Å². The zero-order valence-electron chi connectivity index (χ0n) is 9.26. The van der Waals surface area contributed by atoms with Gasteiger partial charge >= 0.3 is 5.97 Å². The number of aliphatic carboxylic acids is 1. The van der Waals surface area contributed by atoms with Gasteiger partial charge in [0.1, 0.15) is 0 Å². The van der Waals surface area contributed by atoms with Crippen LogP contribution < -0.4 is 0 Å². The molecule has 0 aromatic carbocycles. The number of thiophene rings is 1. The van der Waals surface area contributed by atoms with Crippen molar-refractivity contribution in [1.82, 2.24) is 4.90 Å². The van der Waals surface area contributed by atoms with Crippen LogP contribution in [0.3, 0.4) is 0 Å². The Labute approximate surface area is 99.7 Å². The van der Waals surface area contributed by atoms with Gasteiger partial charge in [-0.15, -0.1) is 11.3 Å². The van der Waals surface area contributed by atoms with Gasteiger partial charge in [-0.25, -0.2) is 0 Å². The molecular formula is C12H17NO2S. The average molecular weight is 239 g/mol. The first kappa shape index (κ1) is 11.6. The maximum Gasteiger partial charge on any atom is 0.303 e. The molecule has 1 aliphatic heterocycles. The van der Waals surface area contributed by atoms with Gasteiger partial charge in [0.25, 0.3) is 0 Å². The first-order valence-corrected chi connectivity index (χ1v) is 6.58. The van der Waals surface area contributed by atoms with Crippen LogP contribution in [0.1, 0.15) is 17.7 Å². The van der Waals surface area contributed by atoms with Crippen LogP contribution in [-0.4, -0.2) is 35.6 Å². The lowest BCUT2D eigenvalue weighted by atomic mass is 10.1. The normalized spacial score (nSPS) is 21.4. The minimum absolute atomic E-state index is 0.329. The Hall–Kier alpha value is -0.870. The van der Waals surface area contributed by atoms with Crippen molar-refractivity contribution in [3.8, 4) is 0 Å². The fourth-order valence-corrected chi connectivity index (χ4v) is 2.95. The number of nitrogens with zero attached hydrogens (tertiary/aromatic N) is 1. The third-order valence-corrected chi connectivity index (χ3v) is 4.02. The highest BCUT2D eigenvalue weighted by Gasteiger charge is 2.23. The maximum atomic E-state index is 10.6. The van der Waals surface area contributed by atoms with E-state index in [1.54, 1.807) is 11.3 Å². The second-order valence-corrected chi connectivity index (χ2v) is 5.41. The number of hydrogen-bond donors (Lipinski definition) is 1. The molecule has 1 fully saturated rings. The Kier molecular flexibility index (Phi) is 3.96. The number of likely N-dealkylation sites (tertiary alicyclic amines) is 1. The first-order chi connectivity index (χ1) is 7.74. The molecule has 1 saturated heterocycles. The van der Waals surface area contributed by atoms with Crippen molar-refractivity contribution in [3.05, 3.63) is 22.4 Å². The van der Waals surface area contributed by atoms with E-state index < -0.39 is 5.97 Å². The van der Waals surface area contributed by atoms with E-state index in [4.69, 9.17) is 5.11 Å². The number of carboxylic acid groups (broad SMARTS) is 1. The molecule has 1 aromatic rings. The smallest absolute Gasteiger partial charge is 0.303 e. The van der Waals surface area contributed by atoms with Crippen LogP contribution in [0.5, 0.6) is 0 Å². The summed E-state index contributed by atoms with van der Waals surface area (Å²) >= 11 is 1.80. The second kappa shape index (κ2) is 5.46. The van der Waals surface area contributed by atoms with E-state index in [1.165, 1.54) is 4.88 Å². The summed E-state index contributed by atoms with van der Waals surface area (Å²) in [7, 11) is 0. The minimum Gasteiger partial charge on any atom is -0.481 e. The molecule has 1 aliphatic rings. The molecule has 0 bridgehead atoms. The molecule has 1 N–H and O–H groups in total. The molecule has 2 heterocycles. The molecule has 1 unspecified atom stereocenters. The standard InChI is InChI=1S/C12H17NO2S/c14-12(15)8-10-3-5-13(9-10)6-4-11-2-1-7-16-11/h1-2,7,10H,3-6,8-9H2,(H,14,15). The van der Waals surface area contributed by atoms with Gasteiger partial charge < -0.3 is 10.0 Å². The molecule has 4 heteroatoms. The Morgan fingerprint density at radius 1 is 1.62 bits per heavy atom. The van der Waals surface area contributed by atoms with Crippen LogP contribution in [0.2, 0.25) is 0 Å². The third kappa shape index (κ3) is 3.32. The van der Waals surface area contributed by atoms with Crippen molar-refractivity contribution in [2.75, 3.05) is 19.6 Å². The van der Waals surface area contributed by atoms with Gasteiger partial charge in [0.05, 0.1) is 0 Å². The summed E-state index contributed by atoms with van der Waals surface area (Å²) < 4.78 is 0. The van der Waals surface area contributed by atoms with Crippen LogP contribution in [0.15, 0.2) is 17.5 Å². The lowest BCUT2D eigenvalue weighted by Crippen LogP contribution is -2.23. The van der Waals surface area contributed by atoms with E-state index in [2.05, 4.69) is 22.4 Å². The Morgan fingerprint density at radius 3 is 3.19 bits per heavy atom. The minimum atomic E-state index is -0.662. The van der Waals surface area contributed by atoms with E-state index in [-0.39, 0.29) is 0 Å². The van der Waals surface area contributed by atoms with Gasteiger partial charge in [-0.3, -0.25) is 4.79 Å². The molecule has 3 nitrogen and oxygen atoms in total. The van der Waals surface area contributed by atoms with Gasteiger partial charge in [0, 0.05) is 24.4 Å². The fraction of sp³-hybridized carbons (Fsp3) is 0.583. The molecule has 0 amide bonds. The van der Waals surface area contributed by atoms with Gasteiger partial charge in [-0.2, -0.15) is 0 Å². The summed E-state index contributed by atoms with van der Waals surface area (Å²) in [5, 5.41) is 10.8. The quantitative estimate of drug-likeness (QED) is 0.855. The number of carbonyl (C=O) groups is 1. The van der Waals surface area contributed by atoms with Crippen molar-refractivity contribution in [3.63, 3.8) is 0 Å². The van der Waals surface area contributed by atoms with Crippen LogP contribution in [-0.2, 0) is 11.2 Å². The molecule has 16 heavy (non-hydrogen) atoms. The van der Waals surface area contributed by atoms with Gasteiger partial charge in [0.2, 0.25) is 0 Å². The Morgan fingerprint density at radius 2 is 2.50 bits per heavy atom. The Balaban J connectivity index is 1.70. The maximum absolute atomic E-state index is 10.6.